The zero-order valence-electron chi connectivity index (χ0n) is 12.6. The molecule has 0 spiro atoms. The smallest absolute Gasteiger partial charge is 0.189 e. The number of nitrogens with zero attached hydrogens (tertiary/aromatic N) is 1. The summed E-state index contributed by atoms with van der Waals surface area (Å²) in [7, 11) is 1.65. The fourth-order valence-electron chi connectivity index (χ4n) is 1.56. The van der Waals surface area contributed by atoms with Crippen LogP contribution in [0, 0.1) is 6.92 Å². The van der Waals surface area contributed by atoms with Gasteiger partial charge >= 0.3 is 0 Å². The lowest BCUT2D eigenvalue weighted by atomic mass is 10.1. The van der Waals surface area contributed by atoms with Gasteiger partial charge in [0.2, 0.25) is 0 Å². The summed E-state index contributed by atoms with van der Waals surface area (Å²) in [6.45, 7) is 7.77. The van der Waals surface area contributed by atoms with Gasteiger partial charge in [0.1, 0.15) is 12.4 Å². The fourth-order valence-corrected chi connectivity index (χ4v) is 1.56. The molecular weight excluding hydrogens is 381 g/mol. The fraction of sp³-hybridized carbons (Fsp3) is 0.400. The van der Waals surface area contributed by atoms with Crippen LogP contribution >= 0.6 is 24.0 Å². The van der Waals surface area contributed by atoms with Crippen LogP contribution in [0.1, 0.15) is 11.1 Å². The van der Waals surface area contributed by atoms with E-state index in [2.05, 4.69) is 16.9 Å². The second-order valence-corrected chi connectivity index (χ2v) is 4.32. The van der Waals surface area contributed by atoms with Crippen molar-refractivity contribution in [3.8, 4) is 5.75 Å². The highest BCUT2D eigenvalue weighted by Crippen LogP contribution is 2.21. The summed E-state index contributed by atoms with van der Waals surface area (Å²) in [5.41, 5.74) is 7.88. The van der Waals surface area contributed by atoms with Gasteiger partial charge in [0.15, 0.2) is 5.96 Å². The monoisotopic (exact) mass is 405 g/mol. The molecule has 1 aromatic rings. The maximum Gasteiger partial charge on any atom is 0.189 e. The minimum atomic E-state index is 0. The Bertz CT molecular complexity index is 464. The molecule has 1 rings (SSSR count). The quantitative estimate of drug-likeness (QED) is 0.229. The molecule has 0 unspecified atom stereocenters. The van der Waals surface area contributed by atoms with E-state index in [-0.39, 0.29) is 24.0 Å². The molecule has 6 heteroatoms. The average Bonchev–Trinajstić information content (AvgIpc) is 2.44. The highest BCUT2D eigenvalue weighted by Gasteiger charge is 2.04. The second-order valence-electron chi connectivity index (χ2n) is 4.32. The number of methoxy groups -OCH3 is 1. The van der Waals surface area contributed by atoms with Gasteiger partial charge in [-0.15, -0.1) is 30.6 Å². The largest absolute Gasteiger partial charge is 0.491 e. The molecule has 0 saturated heterocycles. The van der Waals surface area contributed by atoms with Crippen LogP contribution < -0.4 is 15.8 Å². The summed E-state index contributed by atoms with van der Waals surface area (Å²) in [5, 5.41) is 2.93. The summed E-state index contributed by atoms with van der Waals surface area (Å²) >= 11 is 0. The molecule has 5 nitrogen and oxygen atoms in total. The second kappa shape index (κ2) is 11.4. The lowest BCUT2D eigenvalue weighted by Crippen LogP contribution is -2.31. The average molecular weight is 405 g/mol. The molecule has 118 valence electrons. The number of guanidine groups is 1. The molecule has 0 heterocycles. The molecule has 0 atom stereocenters. The van der Waals surface area contributed by atoms with Crippen molar-refractivity contribution in [3.63, 3.8) is 0 Å². The van der Waals surface area contributed by atoms with Crippen LogP contribution in [0.25, 0.3) is 0 Å². The van der Waals surface area contributed by atoms with E-state index in [0.717, 1.165) is 16.9 Å². The van der Waals surface area contributed by atoms with Crippen molar-refractivity contribution in [2.45, 2.75) is 13.5 Å². The Kier molecular flexibility index (Phi) is 10.7. The molecule has 3 N–H and O–H groups in total. The van der Waals surface area contributed by atoms with Crippen LogP contribution in [-0.4, -0.2) is 32.8 Å². The number of halogens is 1. The standard InChI is InChI=1S/C15H23N3O2.HI/c1-4-7-17-15(16)18-11-13-6-5-12(2)10-14(13)20-9-8-19-3;/h4-6,10H,1,7-9,11H2,2-3H3,(H3,16,17,18);1H. The normalized spacial score (nSPS) is 10.7. The molecular formula is C15H24IN3O2. The maximum absolute atomic E-state index is 5.74. The predicted octanol–water partition coefficient (Wildman–Crippen LogP) is 2.23. The lowest BCUT2D eigenvalue weighted by Gasteiger charge is -2.11. The van der Waals surface area contributed by atoms with Gasteiger partial charge in [-0.1, -0.05) is 18.2 Å². The van der Waals surface area contributed by atoms with Gasteiger partial charge in [0.05, 0.1) is 13.2 Å². The van der Waals surface area contributed by atoms with Gasteiger partial charge in [-0.25, -0.2) is 4.99 Å². The van der Waals surface area contributed by atoms with Crippen molar-refractivity contribution < 1.29 is 9.47 Å². The third kappa shape index (κ3) is 7.91. The Labute approximate surface area is 143 Å². The third-order valence-corrected chi connectivity index (χ3v) is 2.61. The highest BCUT2D eigenvalue weighted by molar-refractivity contribution is 14.0. The van der Waals surface area contributed by atoms with Gasteiger partial charge in [-0.3, -0.25) is 0 Å². The van der Waals surface area contributed by atoms with Crippen LogP contribution in [0.3, 0.4) is 0 Å². The number of nitrogens with one attached hydrogen (secondary N) is 1. The predicted molar refractivity (Wildman–Crippen MR) is 97.5 cm³/mol. The molecule has 0 radical (unpaired) electrons. The molecule has 1 aromatic carbocycles. The van der Waals surface area contributed by atoms with Crippen LogP contribution in [0.15, 0.2) is 35.8 Å². The SMILES string of the molecule is C=CCNC(N)=NCc1ccc(C)cc1OCCOC.I. The van der Waals surface area contributed by atoms with Crippen LogP contribution in [0.5, 0.6) is 5.75 Å². The van der Waals surface area contributed by atoms with E-state index in [1.54, 1.807) is 13.2 Å². The number of aliphatic imine (C=N–C) groups is 1. The lowest BCUT2D eigenvalue weighted by molar-refractivity contribution is 0.146. The molecule has 0 aromatic heterocycles. The van der Waals surface area contributed by atoms with E-state index in [1.807, 2.05) is 25.1 Å². The molecule has 0 aliphatic rings. The van der Waals surface area contributed by atoms with E-state index < -0.39 is 0 Å². The summed E-state index contributed by atoms with van der Waals surface area (Å²) < 4.78 is 10.7. The first-order chi connectivity index (χ1) is 9.67. The van der Waals surface area contributed by atoms with E-state index in [9.17, 15) is 0 Å². The minimum absolute atomic E-state index is 0. The number of hydrogen-bond acceptors (Lipinski definition) is 3. The van der Waals surface area contributed by atoms with E-state index >= 15 is 0 Å². The number of ether oxygens (including phenoxy) is 2. The van der Waals surface area contributed by atoms with E-state index in [4.69, 9.17) is 15.2 Å². The molecule has 0 bridgehead atoms. The van der Waals surface area contributed by atoms with Gasteiger partial charge in [-0.2, -0.15) is 0 Å². The summed E-state index contributed by atoms with van der Waals surface area (Å²) in [5.74, 6) is 1.22. The molecule has 0 amide bonds. The topological polar surface area (TPSA) is 68.9 Å². The van der Waals surface area contributed by atoms with Crippen LogP contribution in [0.2, 0.25) is 0 Å². The van der Waals surface area contributed by atoms with Crippen molar-refractivity contribution in [2.24, 2.45) is 10.7 Å². The Morgan fingerprint density at radius 2 is 2.19 bits per heavy atom. The maximum atomic E-state index is 5.74. The number of benzene rings is 1. The van der Waals surface area contributed by atoms with Crippen LogP contribution in [-0.2, 0) is 11.3 Å². The Balaban J connectivity index is 0.00000400. The molecule has 21 heavy (non-hydrogen) atoms. The first-order valence-corrected chi connectivity index (χ1v) is 6.53. The Morgan fingerprint density at radius 3 is 2.86 bits per heavy atom. The third-order valence-electron chi connectivity index (χ3n) is 2.61. The first kappa shape index (κ1) is 19.7. The number of hydrogen-bond donors (Lipinski definition) is 2. The minimum Gasteiger partial charge on any atom is -0.491 e. The number of rotatable bonds is 8. The summed E-state index contributed by atoms with van der Waals surface area (Å²) in [4.78, 5) is 4.27. The molecule has 0 saturated carbocycles. The van der Waals surface area contributed by atoms with E-state index in [0.29, 0.717) is 32.3 Å². The highest BCUT2D eigenvalue weighted by atomic mass is 127. The first-order valence-electron chi connectivity index (χ1n) is 6.53. The van der Waals surface area contributed by atoms with Crippen LogP contribution in [0.4, 0.5) is 0 Å². The number of nitrogens with two attached hydrogens (primary N) is 1. The van der Waals surface area contributed by atoms with Gasteiger partial charge in [0.25, 0.3) is 0 Å². The molecule has 0 fully saturated rings. The van der Waals surface area contributed by atoms with Crippen molar-refractivity contribution in [1.82, 2.24) is 5.32 Å². The Hall–Kier alpha value is -1.28. The zero-order chi connectivity index (χ0) is 14.8. The zero-order valence-corrected chi connectivity index (χ0v) is 14.9. The van der Waals surface area contributed by atoms with Crippen molar-refractivity contribution >= 4 is 29.9 Å². The summed E-state index contributed by atoms with van der Waals surface area (Å²) in [6.07, 6.45) is 1.73. The number of aryl methyl sites for hydroxylation is 1. The Morgan fingerprint density at radius 1 is 1.43 bits per heavy atom. The molecule has 0 aliphatic heterocycles. The van der Waals surface area contributed by atoms with Crippen molar-refractivity contribution in [2.75, 3.05) is 26.9 Å². The van der Waals surface area contributed by atoms with Crippen molar-refractivity contribution in [1.29, 1.82) is 0 Å². The van der Waals surface area contributed by atoms with Gasteiger partial charge in [0, 0.05) is 19.2 Å². The van der Waals surface area contributed by atoms with E-state index in [1.165, 1.54) is 0 Å². The summed E-state index contributed by atoms with van der Waals surface area (Å²) in [6, 6.07) is 6.02. The van der Waals surface area contributed by atoms with Gasteiger partial charge in [-0.05, 0) is 18.6 Å². The molecule has 0 aliphatic carbocycles. The van der Waals surface area contributed by atoms with Gasteiger partial charge < -0.3 is 20.5 Å². The van der Waals surface area contributed by atoms with Crippen molar-refractivity contribution in [3.05, 3.63) is 42.0 Å².